The SMILES string of the molecule is C=COC12CC3CC(C1)C(CI=N)(OC1CCCCO1)C(C3)C2. The first-order valence-electron chi connectivity index (χ1n) is 9.03. The molecule has 0 radical (unpaired) electrons. The zero-order chi connectivity index (χ0) is 15.9. The molecular weight excluding hydrogens is 405 g/mol. The Kier molecular flexibility index (Phi) is 4.56. The lowest BCUT2D eigenvalue weighted by Crippen LogP contribution is -2.66. The minimum Gasteiger partial charge on any atom is -0.495 e. The zero-order valence-corrected chi connectivity index (χ0v) is 15.9. The first-order chi connectivity index (χ1) is 11.2. The molecule has 4 bridgehead atoms. The minimum absolute atomic E-state index is 0.0128. The van der Waals surface area contributed by atoms with Crippen LogP contribution < -0.4 is 0 Å². The van der Waals surface area contributed by atoms with Gasteiger partial charge in [0.25, 0.3) is 0 Å². The first-order valence-corrected chi connectivity index (χ1v) is 11.6. The number of hydrogen-bond acceptors (Lipinski definition) is 4. The molecule has 1 aliphatic heterocycles. The molecule has 5 rings (SSSR count). The van der Waals surface area contributed by atoms with E-state index < -0.39 is 21.0 Å². The number of ether oxygens (including phenoxy) is 3. The molecule has 4 nitrogen and oxygen atoms in total. The third-order valence-electron chi connectivity index (χ3n) is 6.61. The highest BCUT2D eigenvalue weighted by molar-refractivity contribution is 14.1. The third kappa shape index (κ3) is 2.80. The van der Waals surface area contributed by atoms with E-state index in [9.17, 15) is 0 Å². The van der Waals surface area contributed by atoms with Crippen LogP contribution in [0.2, 0.25) is 0 Å². The van der Waals surface area contributed by atoms with Gasteiger partial charge in [-0.15, -0.1) is 0 Å². The Morgan fingerprint density at radius 1 is 1.22 bits per heavy atom. The topological polar surface area (TPSA) is 51.5 Å². The van der Waals surface area contributed by atoms with E-state index in [1.165, 1.54) is 25.7 Å². The number of hydrogen-bond donors (Lipinski definition) is 1. The highest BCUT2D eigenvalue weighted by Gasteiger charge is 2.64. The largest absolute Gasteiger partial charge is 0.495 e. The molecule has 4 aliphatic carbocycles. The van der Waals surface area contributed by atoms with Crippen LogP contribution in [0.3, 0.4) is 0 Å². The normalized spacial score (nSPS) is 48.3. The molecular formula is C18H28INO3. The van der Waals surface area contributed by atoms with Gasteiger partial charge in [-0.1, -0.05) is 6.58 Å². The van der Waals surface area contributed by atoms with Gasteiger partial charge in [0.2, 0.25) is 0 Å². The van der Waals surface area contributed by atoms with Gasteiger partial charge >= 0.3 is 0 Å². The molecule has 5 fully saturated rings. The van der Waals surface area contributed by atoms with Crippen molar-refractivity contribution < 1.29 is 14.2 Å². The van der Waals surface area contributed by atoms with E-state index in [-0.39, 0.29) is 17.5 Å². The summed E-state index contributed by atoms with van der Waals surface area (Å²) in [5, 5.41) is 0. The van der Waals surface area contributed by atoms with Crippen molar-refractivity contribution in [2.75, 3.05) is 11.0 Å². The predicted octanol–water partition coefficient (Wildman–Crippen LogP) is 4.74. The van der Waals surface area contributed by atoms with E-state index in [1.807, 2.05) is 0 Å². The van der Waals surface area contributed by atoms with Gasteiger partial charge < -0.3 is 14.2 Å². The lowest BCUT2D eigenvalue weighted by atomic mass is 9.48. The molecule has 1 heterocycles. The summed E-state index contributed by atoms with van der Waals surface area (Å²) in [5.74, 6) is 1.87. The maximum Gasteiger partial charge on any atom is 0.158 e. The number of alkyl halides is 1. The fraction of sp³-hybridized carbons (Fsp3) is 0.889. The molecule has 0 aromatic heterocycles. The fourth-order valence-electron chi connectivity index (χ4n) is 5.90. The summed E-state index contributed by atoms with van der Waals surface area (Å²) in [5.41, 5.74) is -0.0825. The van der Waals surface area contributed by atoms with Gasteiger partial charge in [-0.25, -0.2) is 0 Å². The van der Waals surface area contributed by atoms with Gasteiger partial charge in [0.1, 0.15) is 5.60 Å². The molecule has 0 aromatic rings. The Hall–Kier alpha value is -0.0100. The van der Waals surface area contributed by atoms with Crippen LogP contribution in [-0.2, 0) is 14.2 Å². The highest BCUT2D eigenvalue weighted by atomic mass is 127. The second kappa shape index (κ2) is 6.37. The van der Waals surface area contributed by atoms with Crippen molar-refractivity contribution in [2.24, 2.45) is 17.8 Å². The molecule has 1 saturated heterocycles. The lowest BCUT2D eigenvalue weighted by molar-refractivity contribution is -0.297. The van der Waals surface area contributed by atoms with Gasteiger partial charge in [-0.3, -0.25) is 3.56 Å². The fourth-order valence-corrected chi connectivity index (χ4v) is 7.92. The highest BCUT2D eigenvalue weighted by Crippen LogP contribution is 2.63. The second-order valence-corrected chi connectivity index (χ2v) is 9.47. The molecule has 4 saturated carbocycles. The number of rotatable bonds is 6. The average Bonchev–Trinajstić information content (AvgIpc) is 2.53. The predicted molar refractivity (Wildman–Crippen MR) is 96.6 cm³/mol. The molecule has 5 aliphatic rings. The third-order valence-corrected chi connectivity index (χ3v) is 8.19. The Balaban J connectivity index is 1.60. The average molecular weight is 433 g/mol. The van der Waals surface area contributed by atoms with Gasteiger partial charge in [-0.2, -0.15) is 0 Å². The van der Waals surface area contributed by atoms with Crippen molar-refractivity contribution in [1.82, 2.24) is 0 Å². The Labute approximate surface area is 149 Å². The van der Waals surface area contributed by atoms with E-state index >= 15 is 0 Å². The van der Waals surface area contributed by atoms with Gasteiger partial charge in [0, 0.05) is 11.0 Å². The van der Waals surface area contributed by atoms with Crippen LogP contribution >= 0.6 is 21.0 Å². The van der Waals surface area contributed by atoms with Gasteiger partial charge in [-0.05, 0) is 90.2 Å². The molecule has 3 unspecified atom stereocenters. The van der Waals surface area contributed by atoms with Crippen molar-refractivity contribution >= 4 is 21.0 Å². The maximum absolute atomic E-state index is 7.99. The van der Waals surface area contributed by atoms with Crippen LogP contribution in [-0.4, -0.2) is 28.5 Å². The zero-order valence-electron chi connectivity index (χ0n) is 13.8. The summed E-state index contributed by atoms with van der Waals surface area (Å²) in [6.07, 6.45) is 10.9. The van der Waals surface area contributed by atoms with Crippen LogP contribution in [0, 0.1) is 21.3 Å². The molecule has 0 aromatic carbocycles. The van der Waals surface area contributed by atoms with E-state index in [0.717, 1.165) is 42.6 Å². The van der Waals surface area contributed by atoms with Crippen molar-refractivity contribution in [3.8, 4) is 0 Å². The molecule has 130 valence electrons. The van der Waals surface area contributed by atoms with Crippen molar-refractivity contribution in [3.05, 3.63) is 12.8 Å². The van der Waals surface area contributed by atoms with Crippen molar-refractivity contribution in [1.29, 1.82) is 3.56 Å². The summed E-state index contributed by atoms with van der Waals surface area (Å²) < 4.78 is 27.6. The van der Waals surface area contributed by atoms with E-state index in [2.05, 4.69) is 6.58 Å². The Bertz CT molecular complexity index is 461. The van der Waals surface area contributed by atoms with E-state index in [0.29, 0.717) is 11.8 Å². The van der Waals surface area contributed by atoms with Crippen LogP contribution in [0.25, 0.3) is 0 Å². The first kappa shape index (κ1) is 16.5. The summed E-state index contributed by atoms with van der Waals surface area (Å²) in [6.45, 7) is 4.64. The van der Waals surface area contributed by atoms with Crippen molar-refractivity contribution in [3.63, 3.8) is 0 Å². The smallest absolute Gasteiger partial charge is 0.158 e. The van der Waals surface area contributed by atoms with Crippen molar-refractivity contribution in [2.45, 2.75) is 68.9 Å². The summed E-state index contributed by atoms with van der Waals surface area (Å²) in [6, 6.07) is 0. The van der Waals surface area contributed by atoms with Gasteiger partial charge in [0.05, 0.1) is 11.9 Å². The van der Waals surface area contributed by atoms with Gasteiger partial charge in [0.15, 0.2) is 6.29 Å². The van der Waals surface area contributed by atoms with Crippen LogP contribution in [0.15, 0.2) is 12.8 Å². The molecule has 0 spiro atoms. The van der Waals surface area contributed by atoms with Crippen LogP contribution in [0.1, 0.15) is 51.4 Å². The molecule has 3 atom stereocenters. The lowest BCUT2D eigenvalue weighted by Gasteiger charge is -2.64. The Morgan fingerprint density at radius 3 is 2.61 bits per heavy atom. The summed E-state index contributed by atoms with van der Waals surface area (Å²) in [4.78, 5) is 0. The molecule has 1 N–H and O–H groups in total. The standard InChI is InChI=1S/C18H28INO3/c1-2-22-17-9-13-7-14(10-17)18(12-19-20,15(8-13)11-17)23-16-5-3-4-6-21-16/h2,13-16,20H,1,3-12H2. The van der Waals surface area contributed by atoms with Crippen LogP contribution in [0.4, 0.5) is 0 Å². The number of halogens is 1. The van der Waals surface area contributed by atoms with Crippen LogP contribution in [0.5, 0.6) is 0 Å². The second-order valence-electron chi connectivity index (χ2n) is 7.95. The monoisotopic (exact) mass is 433 g/mol. The quantitative estimate of drug-likeness (QED) is 0.374. The summed E-state index contributed by atoms with van der Waals surface area (Å²) in [7, 11) is 0. The Morgan fingerprint density at radius 2 is 2.00 bits per heavy atom. The molecule has 0 amide bonds. The molecule has 5 heteroatoms. The van der Waals surface area contributed by atoms with E-state index in [4.69, 9.17) is 17.8 Å². The number of nitrogens with one attached hydrogen (secondary N) is 1. The molecule has 23 heavy (non-hydrogen) atoms. The summed E-state index contributed by atoms with van der Waals surface area (Å²) >= 11 is -0.539. The van der Waals surface area contributed by atoms with E-state index in [1.54, 1.807) is 6.26 Å². The minimum atomic E-state index is -0.539. The maximum atomic E-state index is 7.99.